The van der Waals surface area contributed by atoms with Crippen molar-refractivity contribution in [2.75, 3.05) is 19.3 Å². The van der Waals surface area contributed by atoms with Crippen LogP contribution in [0.4, 0.5) is 5.69 Å². The van der Waals surface area contributed by atoms with E-state index in [9.17, 15) is 9.59 Å². The first-order chi connectivity index (χ1) is 11.8. The molecule has 11 heteroatoms. The normalized spacial score (nSPS) is 10.3. The summed E-state index contributed by atoms with van der Waals surface area (Å²) in [6.45, 7) is -0.364. The molecule has 1 aromatic heterocycles. The van der Waals surface area contributed by atoms with Crippen molar-refractivity contribution in [2.24, 2.45) is 16.5 Å². The summed E-state index contributed by atoms with van der Waals surface area (Å²) >= 11 is 1.03. The molecular formula is C14H16N6O4S. The minimum atomic E-state index is -1.08. The lowest BCUT2D eigenvalue weighted by Gasteiger charge is -2.12. The number of aliphatic carboxylic acids is 1. The van der Waals surface area contributed by atoms with Gasteiger partial charge in [-0.15, -0.1) is 10.2 Å². The molecule has 0 saturated carbocycles. The van der Waals surface area contributed by atoms with Gasteiger partial charge in [-0.1, -0.05) is 11.8 Å². The van der Waals surface area contributed by atoms with Gasteiger partial charge in [0.2, 0.25) is 11.8 Å². The zero-order valence-corrected chi connectivity index (χ0v) is 14.1. The van der Waals surface area contributed by atoms with E-state index in [0.717, 1.165) is 16.7 Å². The van der Waals surface area contributed by atoms with E-state index in [0.29, 0.717) is 11.3 Å². The Labute approximate surface area is 146 Å². The molecule has 0 saturated heterocycles. The fourth-order valence-corrected chi connectivity index (χ4v) is 2.44. The molecule has 2 rings (SSSR count). The third kappa shape index (κ3) is 5.49. The van der Waals surface area contributed by atoms with Crippen molar-refractivity contribution in [1.82, 2.24) is 15.1 Å². The Bertz CT molecular complexity index is 785. The number of guanidine groups is 1. The van der Waals surface area contributed by atoms with Gasteiger partial charge in [0.05, 0.1) is 11.4 Å². The number of carbonyl (C=O) groups excluding carboxylic acids is 1. The molecule has 0 unspecified atom stereocenters. The van der Waals surface area contributed by atoms with Gasteiger partial charge < -0.3 is 25.9 Å². The zero-order valence-electron chi connectivity index (χ0n) is 13.2. The summed E-state index contributed by atoms with van der Waals surface area (Å²) in [5.41, 5.74) is 11.9. The number of carbonyl (C=O) groups is 2. The number of aromatic nitrogens is 2. The van der Waals surface area contributed by atoms with Crippen LogP contribution in [-0.2, 0) is 9.59 Å². The Hall–Kier alpha value is -3.08. The molecule has 0 bridgehead atoms. The highest BCUT2D eigenvalue weighted by Crippen LogP contribution is 2.25. The van der Waals surface area contributed by atoms with Crippen molar-refractivity contribution in [1.29, 1.82) is 0 Å². The summed E-state index contributed by atoms with van der Waals surface area (Å²) in [5, 5.41) is 16.6. The van der Waals surface area contributed by atoms with E-state index < -0.39 is 5.97 Å². The van der Waals surface area contributed by atoms with Crippen LogP contribution in [0.25, 0.3) is 11.5 Å². The predicted molar refractivity (Wildman–Crippen MR) is 91.2 cm³/mol. The molecule has 0 aliphatic rings. The van der Waals surface area contributed by atoms with E-state index >= 15 is 0 Å². The Kier molecular flexibility index (Phi) is 5.95. The van der Waals surface area contributed by atoms with Crippen LogP contribution in [0.5, 0.6) is 0 Å². The van der Waals surface area contributed by atoms with Crippen LogP contribution in [0.3, 0.4) is 0 Å². The summed E-state index contributed by atoms with van der Waals surface area (Å²) in [7, 11) is 1.41. The molecule has 5 N–H and O–H groups in total. The smallest absolute Gasteiger partial charge is 0.323 e. The van der Waals surface area contributed by atoms with Crippen LogP contribution in [0, 0.1) is 0 Å². The fraction of sp³-hybridized carbons (Fsp3) is 0.214. The van der Waals surface area contributed by atoms with Crippen LogP contribution >= 0.6 is 11.8 Å². The average Bonchev–Trinajstić information content (AvgIpc) is 3.01. The first kappa shape index (κ1) is 18.3. The molecule has 1 aromatic carbocycles. The highest BCUT2D eigenvalue weighted by Gasteiger charge is 2.15. The van der Waals surface area contributed by atoms with Crippen LogP contribution < -0.4 is 11.5 Å². The third-order valence-electron chi connectivity index (χ3n) is 2.90. The Morgan fingerprint density at radius 3 is 2.56 bits per heavy atom. The first-order valence-electron chi connectivity index (χ1n) is 6.97. The molecule has 0 aliphatic heterocycles. The highest BCUT2D eigenvalue weighted by molar-refractivity contribution is 7.99. The maximum absolute atomic E-state index is 11.8. The van der Waals surface area contributed by atoms with Gasteiger partial charge in [0.25, 0.3) is 5.22 Å². The summed E-state index contributed by atoms with van der Waals surface area (Å²) in [5.74, 6) is -1.19. The number of likely N-dealkylation sites (N-methyl/N-ethyl adjacent to an activating group) is 1. The third-order valence-corrected chi connectivity index (χ3v) is 3.70. The van der Waals surface area contributed by atoms with Crippen LogP contribution in [0.1, 0.15) is 0 Å². The Morgan fingerprint density at radius 1 is 1.28 bits per heavy atom. The van der Waals surface area contributed by atoms with E-state index in [1.807, 2.05) is 0 Å². The van der Waals surface area contributed by atoms with Gasteiger partial charge in [-0.25, -0.2) is 4.99 Å². The SMILES string of the molecule is CN(CC(=O)O)C(=O)CSc1nnc(-c2ccc(N=C(N)N)cc2)o1. The number of thioether (sulfide) groups is 1. The predicted octanol–water partition coefficient (Wildman–Crippen LogP) is 0.277. The Morgan fingerprint density at radius 2 is 1.96 bits per heavy atom. The number of hydrogen-bond acceptors (Lipinski definition) is 7. The molecular weight excluding hydrogens is 348 g/mol. The Balaban J connectivity index is 1.97. The molecule has 0 fully saturated rings. The van der Waals surface area contributed by atoms with Gasteiger partial charge in [-0.3, -0.25) is 9.59 Å². The molecule has 132 valence electrons. The van der Waals surface area contributed by atoms with Crippen molar-refractivity contribution in [3.8, 4) is 11.5 Å². The lowest BCUT2D eigenvalue weighted by molar-refractivity contribution is -0.142. The largest absolute Gasteiger partial charge is 0.480 e. The molecule has 10 nitrogen and oxygen atoms in total. The lowest BCUT2D eigenvalue weighted by atomic mass is 10.2. The maximum Gasteiger partial charge on any atom is 0.323 e. The van der Waals surface area contributed by atoms with Crippen molar-refractivity contribution < 1.29 is 19.1 Å². The summed E-state index contributed by atoms with van der Waals surface area (Å²) in [6.07, 6.45) is 0. The van der Waals surface area contributed by atoms with Gasteiger partial charge in [0, 0.05) is 12.6 Å². The van der Waals surface area contributed by atoms with Gasteiger partial charge in [-0.05, 0) is 24.3 Å². The monoisotopic (exact) mass is 364 g/mol. The van der Waals surface area contributed by atoms with E-state index in [4.69, 9.17) is 21.0 Å². The number of aliphatic imine (C=N–C) groups is 1. The van der Waals surface area contributed by atoms with E-state index in [1.54, 1.807) is 24.3 Å². The number of amides is 1. The number of nitrogens with two attached hydrogens (primary N) is 2. The molecule has 1 amide bonds. The summed E-state index contributed by atoms with van der Waals surface area (Å²) < 4.78 is 5.47. The molecule has 0 radical (unpaired) electrons. The number of carboxylic acids is 1. The number of carboxylic acid groups (broad SMARTS) is 1. The van der Waals surface area contributed by atoms with Crippen molar-refractivity contribution in [3.05, 3.63) is 24.3 Å². The van der Waals surface area contributed by atoms with Crippen molar-refractivity contribution in [3.63, 3.8) is 0 Å². The minimum absolute atomic E-state index is 0.00512. The van der Waals surface area contributed by atoms with Crippen LogP contribution in [0.15, 0.2) is 38.9 Å². The number of hydrogen-bond donors (Lipinski definition) is 3. The topological polar surface area (TPSA) is 161 Å². The second kappa shape index (κ2) is 8.15. The summed E-state index contributed by atoms with van der Waals surface area (Å²) in [4.78, 5) is 27.4. The molecule has 0 spiro atoms. The standard InChI is InChI=1S/C14H16N6O4S/c1-20(6-11(22)23)10(21)7-25-14-19-18-12(24-14)8-2-4-9(5-3-8)17-13(15)16/h2-5H,6-7H2,1H3,(H,22,23)(H4,15,16,17). The maximum atomic E-state index is 11.8. The quantitative estimate of drug-likeness (QED) is 0.356. The lowest BCUT2D eigenvalue weighted by Crippen LogP contribution is -2.33. The summed E-state index contributed by atoms with van der Waals surface area (Å²) in [6, 6.07) is 6.82. The average molecular weight is 364 g/mol. The van der Waals surface area contributed by atoms with Gasteiger partial charge >= 0.3 is 5.97 Å². The van der Waals surface area contributed by atoms with E-state index in [2.05, 4.69) is 15.2 Å². The fourth-order valence-electron chi connectivity index (χ4n) is 1.74. The number of rotatable bonds is 7. The number of benzene rings is 1. The van der Waals surface area contributed by atoms with Gasteiger partial charge in [-0.2, -0.15) is 0 Å². The van der Waals surface area contributed by atoms with Crippen LogP contribution in [0.2, 0.25) is 0 Å². The van der Waals surface area contributed by atoms with Gasteiger partial charge in [0.1, 0.15) is 6.54 Å². The molecule has 1 heterocycles. The second-order valence-electron chi connectivity index (χ2n) is 4.89. The molecule has 0 atom stereocenters. The van der Waals surface area contributed by atoms with E-state index in [-0.39, 0.29) is 35.3 Å². The van der Waals surface area contributed by atoms with Crippen molar-refractivity contribution >= 4 is 35.3 Å². The zero-order chi connectivity index (χ0) is 18.4. The van der Waals surface area contributed by atoms with E-state index in [1.165, 1.54) is 7.05 Å². The minimum Gasteiger partial charge on any atom is -0.480 e. The molecule has 2 aromatic rings. The second-order valence-corrected chi connectivity index (χ2v) is 5.82. The van der Waals surface area contributed by atoms with Crippen LogP contribution in [-0.4, -0.2) is 57.4 Å². The van der Waals surface area contributed by atoms with Gasteiger partial charge in [0.15, 0.2) is 5.96 Å². The highest BCUT2D eigenvalue weighted by atomic mass is 32.2. The number of nitrogens with zero attached hydrogens (tertiary/aromatic N) is 4. The van der Waals surface area contributed by atoms with Crippen molar-refractivity contribution in [2.45, 2.75) is 5.22 Å². The molecule has 25 heavy (non-hydrogen) atoms. The molecule has 0 aliphatic carbocycles. The first-order valence-corrected chi connectivity index (χ1v) is 7.96.